The largest absolute Gasteiger partial charge is 0.391 e. The molecule has 0 aromatic rings. The van der Waals surface area contributed by atoms with E-state index in [1.807, 2.05) is 0 Å². The first kappa shape index (κ1) is 4.88. The molecule has 1 radical (unpaired) electrons. The van der Waals surface area contributed by atoms with Crippen molar-refractivity contribution >= 4 is 0 Å². The van der Waals surface area contributed by atoms with E-state index in [0.717, 1.165) is 0 Å². The Balaban J connectivity index is 2.54. The van der Waals surface area contributed by atoms with Crippen molar-refractivity contribution in [2.45, 2.75) is 6.29 Å². The number of rotatable bonds is 1. The average molecular weight is 77.1 g/mol. The first-order chi connectivity index (χ1) is 2.27. The van der Waals surface area contributed by atoms with Gasteiger partial charge in [-0.25, -0.2) is 0 Å². The molecule has 1 unspecified atom stereocenters. The van der Waals surface area contributed by atoms with Crippen LogP contribution in [0.3, 0.4) is 0 Å². The van der Waals surface area contributed by atoms with Crippen LogP contribution in [0.15, 0.2) is 0 Å². The predicted octanol–water partition coefficient (Wildman–Crippen LogP) is -1.27. The van der Waals surface area contributed by atoms with E-state index in [4.69, 9.17) is 10.2 Å². The Bertz CT molecular complexity index is 18.9. The molecule has 0 rings (SSSR count). The van der Waals surface area contributed by atoms with Crippen LogP contribution in [0.5, 0.6) is 0 Å². The summed E-state index contributed by atoms with van der Waals surface area (Å²) >= 11 is 0. The molecule has 0 aromatic carbocycles. The highest BCUT2D eigenvalue weighted by Gasteiger charge is 1.88. The van der Waals surface area contributed by atoms with Crippen molar-refractivity contribution in [3.8, 4) is 0 Å². The van der Waals surface area contributed by atoms with Crippen molar-refractivity contribution in [1.29, 1.82) is 0 Å². The molecule has 1 atom stereocenters. The molecule has 0 aromatic heterocycles. The van der Waals surface area contributed by atoms with Gasteiger partial charge in [-0.15, -0.1) is 0 Å². The Hall–Kier alpha value is -0.120. The highest BCUT2D eigenvalue weighted by molar-refractivity contribution is 4.19. The van der Waals surface area contributed by atoms with Crippen molar-refractivity contribution in [2.75, 3.05) is 6.61 Å². The minimum absolute atomic E-state index is 0.694. The van der Waals surface area contributed by atoms with Gasteiger partial charge < -0.3 is 10.2 Å². The minimum atomic E-state index is -1.81. The average Bonchev–Trinajstić information content (AvgIpc) is 1.38. The highest BCUT2D eigenvalue weighted by atomic mass is 16.5. The zero-order chi connectivity index (χ0) is 4.28. The van der Waals surface area contributed by atoms with Gasteiger partial charge in [0.15, 0.2) is 0 Å². The summed E-state index contributed by atoms with van der Waals surface area (Å²) in [6.07, 6.45) is -1.81. The number of aliphatic hydroxyl groups is 2. The summed E-state index contributed by atoms with van der Waals surface area (Å²) < 4.78 is 0. The Morgan fingerprint density at radius 3 is 2.00 bits per heavy atom. The summed E-state index contributed by atoms with van der Waals surface area (Å²) in [6.45, 7) is -0.694. The van der Waals surface area contributed by atoms with Crippen LogP contribution in [-0.4, -0.2) is 23.1 Å². The monoisotopic (exact) mass is 77.0 g/mol. The molecule has 31 valence electrons. The maximum atomic E-state index is 9.20. The molecule has 0 bridgehead atoms. The Morgan fingerprint density at radius 2 is 2.00 bits per heavy atom. The van der Waals surface area contributed by atoms with Crippen LogP contribution in [0.4, 0.5) is 0 Å². The summed E-state index contributed by atoms with van der Waals surface area (Å²) in [4.78, 5) is 0. The molecule has 0 aliphatic carbocycles. The van der Waals surface area contributed by atoms with E-state index in [0.29, 0.717) is 0 Å². The first-order valence-electron chi connectivity index (χ1n) is 1.22. The Kier molecular flexibility index (Phi) is 2.09. The van der Waals surface area contributed by atoms with Gasteiger partial charge in [0.25, 0.3) is 0 Å². The molecule has 0 saturated carbocycles. The first-order valence-corrected chi connectivity index (χ1v) is 1.22. The third-order valence-corrected chi connectivity index (χ3v) is 0.156. The van der Waals surface area contributed by atoms with Gasteiger partial charge in [0.05, 0.1) is 6.61 Å². The lowest BCUT2D eigenvalue weighted by atomic mass is 10.7. The molecule has 0 aliphatic rings. The fourth-order valence-corrected chi connectivity index (χ4v) is 0. The number of hydrogen-bond donors (Lipinski definition) is 2. The topological polar surface area (TPSA) is 60.4 Å². The summed E-state index contributed by atoms with van der Waals surface area (Å²) in [5.74, 6) is 0. The maximum Gasteiger partial charge on any atom is 0.212 e. The van der Waals surface area contributed by atoms with Gasteiger partial charge in [0, 0.05) is 0 Å². The second-order valence-electron chi connectivity index (χ2n) is 0.637. The molecule has 0 saturated heterocycles. The van der Waals surface area contributed by atoms with Crippen LogP contribution in [0, 0.1) is 0 Å². The second-order valence-corrected chi connectivity index (χ2v) is 0.637. The van der Waals surface area contributed by atoms with Crippen LogP contribution < -0.4 is 0 Å². The normalized spacial score (nSPS) is 9.60. The Labute approximate surface area is 29.5 Å². The predicted molar refractivity (Wildman–Crippen MR) is 13.8 cm³/mol. The van der Waals surface area contributed by atoms with Gasteiger partial charge >= 0.3 is 0 Å². The SMILES string of the molecule is [O]C(O)CO. The lowest BCUT2D eigenvalue weighted by Crippen LogP contribution is -2.06. The zero-order valence-electron chi connectivity index (χ0n) is 2.59. The fraction of sp³-hybridized carbons (Fsp3) is 1.00. The molecule has 2 N–H and O–H groups in total. The molecular formula is C2H5O3. The summed E-state index contributed by atoms with van der Waals surface area (Å²) in [5.41, 5.74) is 0. The summed E-state index contributed by atoms with van der Waals surface area (Å²) in [6, 6.07) is 0. The zero-order valence-corrected chi connectivity index (χ0v) is 2.59. The standard InChI is InChI=1S/C2H5O3/c3-1-2(4)5/h2-4H,1H2. The third-order valence-electron chi connectivity index (χ3n) is 0.156. The van der Waals surface area contributed by atoms with Crippen LogP contribution in [0.2, 0.25) is 0 Å². The van der Waals surface area contributed by atoms with Gasteiger partial charge in [0.2, 0.25) is 6.29 Å². The summed E-state index contributed by atoms with van der Waals surface area (Å²) in [5, 5.41) is 24.3. The van der Waals surface area contributed by atoms with E-state index in [1.165, 1.54) is 0 Å². The second kappa shape index (κ2) is 2.14. The molecule has 3 heteroatoms. The Morgan fingerprint density at radius 1 is 1.80 bits per heavy atom. The maximum absolute atomic E-state index is 9.20. The van der Waals surface area contributed by atoms with E-state index in [1.54, 1.807) is 0 Å². The smallest absolute Gasteiger partial charge is 0.212 e. The number of hydrogen-bond acceptors (Lipinski definition) is 2. The fourth-order valence-electron chi connectivity index (χ4n) is 0. The molecule has 3 nitrogen and oxygen atoms in total. The third kappa shape index (κ3) is 3.88. The van der Waals surface area contributed by atoms with Gasteiger partial charge in [-0.2, -0.15) is 5.11 Å². The van der Waals surface area contributed by atoms with Crippen molar-refractivity contribution < 1.29 is 15.3 Å². The van der Waals surface area contributed by atoms with E-state index in [2.05, 4.69) is 0 Å². The van der Waals surface area contributed by atoms with Crippen LogP contribution in [-0.2, 0) is 5.11 Å². The van der Waals surface area contributed by atoms with Gasteiger partial charge in [-0.1, -0.05) is 0 Å². The van der Waals surface area contributed by atoms with Crippen LogP contribution in [0.25, 0.3) is 0 Å². The van der Waals surface area contributed by atoms with E-state index < -0.39 is 12.9 Å². The molecule has 0 aliphatic heterocycles. The van der Waals surface area contributed by atoms with Crippen molar-refractivity contribution in [3.63, 3.8) is 0 Å². The lowest BCUT2D eigenvalue weighted by molar-refractivity contribution is -0.119. The molecule has 0 heterocycles. The van der Waals surface area contributed by atoms with E-state index >= 15 is 0 Å². The molecular weight excluding hydrogens is 72.0 g/mol. The van der Waals surface area contributed by atoms with E-state index in [-0.39, 0.29) is 0 Å². The lowest BCUT2D eigenvalue weighted by Gasteiger charge is -1.85. The van der Waals surface area contributed by atoms with Crippen molar-refractivity contribution in [1.82, 2.24) is 0 Å². The van der Waals surface area contributed by atoms with Crippen LogP contribution >= 0.6 is 0 Å². The van der Waals surface area contributed by atoms with Crippen molar-refractivity contribution in [2.24, 2.45) is 0 Å². The van der Waals surface area contributed by atoms with Crippen LogP contribution in [0.1, 0.15) is 0 Å². The number of aliphatic hydroxyl groups excluding tert-OH is 2. The molecule has 5 heavy (non-hydrogen) atoms. The van der Waals surface area contributed by atoms with Gasteiger partial charge in [-0.05, 0) is 0 Å². The van der Waals surface area contributed by atoms with E-state index in [9.17, 15) is 5.11 Å². The highest BCUT2D eigenvalue weighted by Crippen LogP contribution is 1.64. The molecule has 0 spiro atoms. The van der Waals surface area contributed by atoms with Gasteiger partial charge in [0.1, 0.15) is 0 Å². The molecule has 0 fully saturated rings. The summed E-state index contributed by atoms with van der Waals surface area (Å²) in [7, 11) is 0. The quantitative estimate of drug-likeness (QED) is 0.383. The van der Waals surface area contributed by atoms with Gasteiger partial charge in [-0.3, -0.25) is 0 Å². The van der Waals surface area contributed by atoms with Crippen molar-refractivity contribution in [3.05, 3.63) is 0 Å². The minimum Gasteiger partial charge on any atom is -0.391 e. The molecule has 0 amide bonds.